The van der Waals surface area contributed by atoms with Crippen LogP contribution in [-0.4, -0.2) is 11.6 Å². The van der Waals surface area contributed by atoms with Crippen LogP contribution in [0, 0.1) is 12.8 Å². The van der Waals surface area contributed by atoms with E-state index in [4.69, 9.17) is 4.74 Å². The van der Waals surface area contributed by atoms with Gasteiger partial charge in [-0.05, 0) is 43.5 Å². The van der Waals surface area contributed by atoms with Crippen LogP contribution in [0.2, 0.25) is 0 Å². The molecule has 0 radical (unpaired) electrons. The zero-order valence-corrected chi connectivity index (χ0v) is 14.7. The largest absolute Gasteiger partial charge is 0.491 e. The second-order valence-corrected chi connectivity index (χ2v) is 6.48. The first-order valence-electron chi connectivity index (χ1n) is 7.84. The number of pyridine rings is 1. The Kier molecular flexibility index (Phi) is 6.04. The van der Waals surface area contributed by atoms with Crippen molar-refractivity contribution in [3.63, 3.8) is 0 Å². The Morgan fingerprint density at radius 1 is 1.19 bits per heavy atom. The number of fused-ring (bicyclic) bond motifs is 1. The van der Waals surface area contributed by atoms with Gasteiger partial charge >= 0.3 is 0 Å². The third-order valence-electron chi connectivity index (χ3n) is 3.92. The molecule has 1 aromatic heterocycles. The molecule has 114 valence electrons. The molecule has 0 aliphatic rings. The number of halogens is 1. The minimum Gasteiger partial charge on any atom is -0.491 e. The number of benzene rings is 1. The fraction of sp³-hybridized carbons (Fsp3) is 0.500. The van der Waals surface area contributed by atoms with Crippen LogP contribution in [0.25, 0.3) is 10.9 Å². The molecule has 0 aliphatic carbocycles. The minimum atomic E-state index is 0.633. The highest BCUT2D eigenvalue weighted by Crippen LogP contribution is 2.31. The molecule has 0 bridgehead atoms. The van der Waals surface area contributed by atoms with E-state index in [0.29, 0.717) is 5.92 Å². The molecule has 21 heavy (non-hydrogen) atoms. The standard InChI is InChI=1S/C18H24BrNO/c1-4-6-7-14(5-2)12-21-17-11-10-16(19)15-9-8-13(3)20-18(15)17/h8-11,14H,4-7,12H2,1-3H3. The van der Waals surface area contributed by atoms with Crippen LogP contribution in [0.3, 0.4) is 0 Å². The van der Waals surface area contributed by atoms with Gasteiger partial charge in [-0.15, -0.1) is 0 Å². The lowest BCUT2D eigenvalue weighted by molar-refractivity contribution is 0.235. The van der Waals surface area contributed by atoms with Gasteiger partial charge in [0.1, 0.15) is 11.3 Å². The van der Waals surface area contributed by atoms with E-state index < -0.39 is 0 Å². The molecule has 2 aromatic rings. The summed E-state index contributed by atoms with van der Waals surface area (Å²) in [6, 6.07) is 8.20. The van der Waals surface area contributed by atoms with Crippen LogP contribution < -0.4 is 4.74 Å². The SMILES string of the molecule is CCCCC(CC)COc1ccc(Br)c2ccc(C)nc12. The molecule has 0 fully saturated rings. The molecular formula is C18H24BrNO. The van der Waals surface area contributed by atoms with Crippen molar-refractivity contribution >= 4 is 26.8 Å². The Morgan fingerprint density at radius 2 is 2.00 bits per heavy atom. The maximum atomic E-state index is 6.10. The van der Waals surface area contributed by atoms with Crippen molar-refractivity contribution in [2.24, 2.45) is 5.92 Å². The summed E-state index contributed by atoms with van der Waals surface area (Å²) >= 11 is 3.59. The molecule has 0 saturated heterocycles. The van der Waals surface area contributed by atoms with Crippen LogP contribution in [-0.2, 0) is 0 Å². The van der Waals surface area contributed by atoms with Crippen molar-refractivity contribution < 1.29 is 4.74 Å². The molecule has 1 unspecified atom stereocenters. The van der Waals surface area contributed by atoms with E-state index in [9.17, 15) is 0 Å². The Morgan fingerprint density at radius 3 is 2.71 bits per heavy atom. The van der Waals surface area contributed by atoms with Crippen LogP contribution in [0.5, 0.6) is 5.75 Å². The number of hydrogen-bond donors (Lipinski definition) is 0. The van der Waals surface area contributed by atoms with Gasteiger partial charge in [0.15, 0.2) is 0 Å². The quantitative estimate of drug-likeness (QED) is 0.620. The fourth-order valence-corrected chi connectivity index (χ4v) is 2.93. The molecule has 0 spiro atoms. The first-order valence-corrected chi connectivity index (χ1v) is 8.63. The highest BCUT2D eigenvalue weighted by atomic mass is 79.9. The molecular weight excluding hydrogens is 326 g/mol. The molecule has 0 saturated carbocycles. The maximum absolute atomic E-state index is 6.10. The Labute approximate surface area is 136 Å². The zero-order chi connectivity index (χ0) is 15.2. The van der Waals surface area contributed by atoms with Gasteiger partial charge in [0.25, 0.3) is 0 Å². The molecule has 0 aliphatic heterocycles. The maximum Gasteiger partial charge on any atom is 0.145 e. The summed E-state index contributed by atoms with van der Waals surface area (Å²) in [5.74, 6) is 1.53. The van der Waals surface area contributed by atoms with Crippen LogP contribution in [0.4, 0.5) is 0 Å². The van der Waals surface area contributed by atoms with Crippen molar-refractivity contribution in [3.8, 4) is 5.75 Å². The third-order valence-corrected chi connectivity index (χ3v) is 4.62. The Hall–Kier alpha value is -1.09. The average molecular weight is 350 g/mol. The molecule has 1 heterocycles. The smallest absolute Gasteiger partial charge is 0.145 e. The highest BCUT2D eigenvalue weighted by Gasteiger charge is 2.11. The van der Waals surface area contributed by atoms with E-state index in [1.54, 1.807) is 0 Å². The minimum absolute atomic E-state index is 0.633. The summed E-state index contributed by atoms with van der Waals surface area (Å²) in [4.78, 5) is 4.65. The summed E-state index contributed by atoms with van der Waals surface area (Å²) in [5.41, 5.74) is 1.97. The monoisotopic (exact) mass is 349 g/mol. The first kappa shape index (κ1) is 16.3. The Balaban J connectivity index is 2.18. The van der Waals surface area contributed by atoms with Crippen molar-refractivity contribution in [2.45, 2.75) is 46.5 Å². The van der Waals surface area contributed by atoms with Gasteiger partial charge in [0.2, 0.25) is 0 Å². The molecule has 0 amide bonds. The number of nitrogens with zero attached hydrogens (tertiary/aromatic N) is 1. The zero-order valence-electron chi connectivity index (χ0n) is 13.2. The van der Waals surface area contributed by atoms with E-state index in [0.717, 1.165) is 33.4 Å². The van der Waals surface area contributed by atoms with E-state index in [2.05, 4.69) is 40.8 Å². The van der Waals surface area contributed by atoms with Crippen LogP contribution >= 0.6 is 15.9 Å². The Bertz CT molecular complexity index is 597. The fourth-order valence-electron chi connectivity index (χ4n) is 2.48. The first-order chi connectivity index (χ1) is 10.2. The molecule has 2 rings (SSSR count). The molecule has 2 nitrogen and oxygen atoms in total. The molecule has 1 atom stereocenters. The van der Waals surface area contributed by atoms with Gasteiger partial charge in [0.05, 0.1) is 6.61 Å². The van der Waals surface area contributed by atoms with E-state index in [1.165, 1.54) is 25.7 Å². The number of hydrogen-bond acceptors (Lipinski definition) is 2. The van der Waals surface area contributed by atoms with E-state index in [-0.39, 0.29) is 0 Å². The van der Waals surface area contributed by atoms with E-state index in [1.807, 2.05) is 25.1 Å². The van der Waals surface area contributed by atoms with Crippen LogP contribution in [0.1, 0.15) is 45.2 Å². The van der Waals surface area contributed by atoms with Gasteiger partial charge in [-0.2, -0.15) is 0 Å². The number of rotatable bonds is 7. The average Bonchev–Trinajstić information content (AvgIpc) is 2.49. The van der Waals surface area contributed by atoms with Gasteiger partial charge < -0.3 is 4.74 Å². The van der Waals surface area contributed by atoms with Gasteiger partial charge in [-0.1, -0.05) is 49.0 Å². The highest BCUT2D eigenvalue weighted by molar-refractivity contribution is 9.10. The number of unbranched alkanes of at least 4 members (excludes halogenated alkanes) is 1. The summed E-state index contributed by atoms with van der Waals surface area (Å²) in [6.45, 7) is 7.28. The predicted octanol–water partition coefficient (Wildman–Crippen LogP) is 5.90. The summed E-state index contributed by atoms with van der Waals surface area (Å²) in [6.07, 6.45) is 4.94. The summed E-state index contributed by atoms with van der Waals surface area (Å²) in [7, 11) is 0. The van der Waals surface area contributed by atoms with Crippen molar-refractivity contribution in [1.29, 1.82) is 0 Å². The lowest BCUT2D eigenvalue weighted by Gasteiger charge is -2.16. The summed E-state index contributed by atoms with van der Waals surface area (Å²) in [5, 5.41) is 1.11. The second-order valence-electron chi connectivity index (χ2n) is 5.62. The van der Waals surface area contributed by atoms with Crippen molar-refractivity contribution in [3.05, 3.63) is 34.4 Å². The number of ether oxygens (including phenoxy) is 1. The topological polar surface area (TPSA) is 22.1 Å². The van der Waals surface area contributed by atoms with Crippen molar-refractivity contribution in [2.75, 3.05) is 6.61 Å². The predicted molar refractivity (Wildman–Crippen MR) is 93.0 cm³/mol. The lowest BCUT2D eigenvalue weighted by Crippen LogP contribution is -2.11. The van der Waals surface area contributed by atoms with Crippen LogP contribution in [0.15, 0.2) is 28.7 Å². The third kappa shape index (κ3) is 4.19. The molecule has 0 N–H and O–H groups in total. The lowest BCUT2D eigenvalue weighted by atomic mass is 10.0. The van der Waals surface area contributed by atoms with Gasteiger partial charge in [-0.3, -0.25) is 0 Å². The summed E-state index contributed by atoms with van der Waals surface area (Å²) < 4.78 is 7.16. The second kappa shape index (κ2) is 7.79. The molecule has 1 aromatic carbocycles. The normalized spacial score (nSPS) is 12.6. The van der Waals surface area contributed by atoms with Crippen molar-refractivity contribution in [1.82, 2.24) is 4.98 Å². The van der Waals surface area contributed by atoms with Gasteiger partial charge in [-0.25, -0.2) is 4.98 Å². The number of aromatic nitrogens is 1. The number of aryl methyl sites for hydroxylation is 1. The van der Waals surface area contributed by atoms with E-state index >= 15 is 0 Å². The molecule has 3 heteroatoms. The van der Waals surface area contributed by atoms with Gasteiger partial charge in [0, 0.05) is 15.6 Å².